The summed E-state index contributed by atoms with van der Waals surface area (Å²) < 4.78 is 5.33. The average molecular weight is 376 g/mol. The minimum absolute atomic E-state index is 0.00668. The third-order valence-corrected chi connectivity index (χ3v) is 4.81. The Labute approximate surface area is 164 Å². The van der Waals surface area contributed by atoms with Crippen molar-refractivity contribution in [2.45, 2.75) is 39.2 Å². The standard InChI is InChI=1S/C24H24O4/c1-15(21(25)17-9-12-18(13-10-17)24(2,3)4)28-23(27)20-14-11-16-7-5-6-8-19(16)22(20)26/h5-15,26H,1-4H3/t15-/m0/s1. The second kappa shape index (κ2) is 7.47. The van der Waals surface area contributed by atoms with Gasteiger partial charge in [0.1, 0.15) is 11.3 Å². The molecule has 0 saturated carbocycles. The number of hydrogen-bond acceptors (Lipinski definition) is 4. The van der Waals surface area contributed by atoms with Gasteiger partial charge in [-0.3, -0.25) is 4.79 Å². The maximum Gasteiger partial charge on any atom is 0.342 e. The molecule has 1 atom stereocenters. The summed E-state index contributed by atoms with van der Waals surface area (Å²) in [5, 5.41) is 11.8. The van der Waals surface area contributed by atoms with Crippen LogP contribution in [0.15, 0.2) is 60.7 Å². The van der Waals surface area contributed by atoms with Crippen molar-refractivity contribution in [1.82, 2.24) is 0 Å². The van der Waals surface area contributed by atoms with Crippen molar-refractivity contribution < 1.29 is 19.4 Å². The largest absolute Gasteiger partial charge is 0.506 e. The number of aromatic hydroxyl groups is 1. The van der Waals surface area contributed by atoms with Crippen LogP contribution in [0.2, 0.25) is 0 Å². The molecule has 0 aromatic heterocycles. The Hall–Kier alpha value is -3.14. The maximum absolute atomic E-state index is 12.6. The molecule has 3 rings (SSSR count). The molecular formula is C24H24O4. The lowest BCUT2D eigenvalue weighted by Gasteiger charge is -2.19. The molecule has 0 saturated heterocycles. The van der Waals surface area contributed by atoms with E-state index in [1.54, 1.807) is 30.3 Å². The van der Waals surface area contributed by atoms with Crippen LogP contribution in [0.25, 0.3) is 10.8 Å². The molecule has 0 aliphatic heterocycles. The fraction of sp³-hybridized carbons (Fsp3) is 0.250. The third-order valence-electron chi connectivity index (χ3n) is 4.81. The molecule has 0 amide bonds. The number of benzene rings is 3. The number of rotatable bonds is 4. The van der Waals surface area contributed by atoms with Crippen molar-refractivity contribution in [1.29, 1.82) is 0 Å². The number of ether oxygens (including phenoxy) is 1. The minimum Gasteiger partial charge on any atom is -0.506 e. The lowest BCUT2D eigenvalue weighted by atomic mass is 9.86. The molecule has 0 aliphatic rings. The van der Waals surface area contributed by atoms with E-state index in [0.29, 0.717) is 10.9 Å². The Bertz CT molecular complexity index is 1030. The van der Waals surface area contributed by atoms with Gasteiger partial charge in [0.15, 0.2) is 6.10 Å². The smallest absolute Gasteiger partial charge is 0.342 e. The molecule has 144 valence electrons. The third kappa shape index (κ3) is 3.91. The van der Waals surface area contributed by atoms with E-state index in [4.69, 9.17) is 4.74 Å². The molecule has 3 aromatic carbocycles. The summed E-state index contributed by atoms with van der Waals surface area (Å²) in [7, 11) is 0. The molecule has 3 aromatic rings. The fourth-order valence-electron chi connectivity index (χ4n) is 3.07. The van der Waals surface area contributed by atoms with E-state index in [1.807, 2.05) is 24.3 Å². The highest BCUT2D eigenvalue weighted by Crippen LogP contribution is 2.29. The first kappa shape index (κ1) is 19.6. The Kier molecular flexibility index (Phi) is 5.23. The van der Waals surface area contributed by atoms with Gasteiger partial charge in [-0.15, -0.1) is 0 Å². The van der Waals surface area contributed by atoms with Crippen molar-refractivity contribution in [3.8, 4) is 5.75 Å². The topological polar surface area (TPSA) is 63.6 Å². The summed E-state index contributed by atoms with van der Waals surface area (Å²) in [5.41, 5.74) is 1.64. The number of esters is 1. The van der Waals surface area contributed by atoms with Crippen molar-refractivity contribution in [2.75, 3.05) is 0 Å². The molecular weight excluding hydrogens is 352 g/mol. The quantitative estimate of drug-likeness (QED) is 0.498. The molecule has 0 radical (unpaired) electrons. The number of carbonyl (C=O) groups excluding carboxylic acids is 2. The van der Waals surface area contributed by atoms with Gasteiger partial charge in [0.2, 0.25) is 5.78 Å². The second-order valence-corrected chi connectivity index (χ2v) is 7.92. The van der Waals surface area contributed by atoms with E-state index in [1.165, 1.54) is 13.0 Å². The first-order valence-corrected chi connectivity index (χ1v) is 9.25. The van der Waals surface area contributed by atoms with Gasteiger partial charge in [-0.1, -0.05) is 75.4 Å². The van der Waals surface area contributed by atoms with E-state index in [2.05, 4.69) is 20.8 Å². The normalized spacial score (nSPS) is 12.6. The number of phenols is 1. The van der Waals surface area contributed by atoms with Gasteiger partial charge in [0, 0.05) is 10.9 Å². The van der Waals surface area contributed by atoms with Gasteiger partial charge in [0.25, 0.3) is 0 Å². The van der Waals surface area contributed by atoms with Crippen LogP contribution < -0.4 is 0 Å². The van der Waals surface area contributed by atoms with Crippen molar-refractivity contribution in [3.63, 3.8) is 0 Å². The Morgan fingerprint density at radius 1 is 0.929 bits per heavy atom. The van der Waals surface area contributed by atoms with Gasteiger partial charge < -0.3 is 9.84 Å². The van der Waals surface area contributed by atoms with Crippen LogP contribution in [-0.4, -0.2) is 23.0 Å². The van der Waals surface area contributed by atoms with E-state index in [9.17, 15) is 14.7 Å². The molecule has 0 bridgehead atoms. The molecule has 0 fully saturated rings. The number of fused-ring (bicyclic) bond motifs is 1. The highest BCUT2D eigenvalue weighted by Gasteiger charge is 2.23. The lowest BCUT2D eigenvalue weighted by molar-refractivity contribution is 0.0316. The van der Waals surface area contributed by atoms with Crippen molar-refractivity contribution in [2.24, 2.45) is 0 Å². The summed E-state index contributed by atoms with van der Waals surface area (Å²) in [4.78, 5) is 25.1. The van der Waals surface area contributed by atoms with Gasteiger partial charge in [-0.25, -0.2) is 4.79 Å². The average Bonchev–Trinajstić information content (AvgIpc) is 2.67. The molecule has 4 heteroatoms. The zero-order chi connectivity index (χ0) is 20.5. The number of ketones is 1. The zero-order valence-electron chi connectivity index (χ0n) is 16.5. The van der Waals surface area contributed by atoms with Gasteiger partial charge >= 0.3 is 5.97 Å². The highest BCUT2D eigenvalue weighted by molar-refractivity contribution is 6.04. The summed E-state index contributed by atoms with van der Waals surface area (Å²) in [6.07, 6.45) is -0.959. The molecule has 28 heavy (non-hydrogen) atoms. The predicted molar refractivity (Wildman–Crippen MR) is 110 cm³/mol. The van der Waals surface area contributed by atoms with E-state index in [0.717, 1.165) is 10.9 Å². The summed E-state index contributed by atoms with van der Waals surface area (Å²) in [6, 6.07) is 17.8. The molecule has 4 nitrogen and oxygen atoms in total. The summed E-state index contributed by atoms with van der Waals surface area (Å²) >= 11 is 0. The van der Waals surface area contributed by atoms with E-state index >= 15 is 0 Å². The first-order valence-electron chi connectivity index (χ1n) is 9.25. The minimum atomic E-state index is -0.959. The molecule has 1 N–H and O–H groups in total. The summed E-state index contributed by atoms with van der Waals surface area (Å²) in [5.74, 6) is -1.15. The first-order chi connectivity index (χ1) is 13.2. The maximum atomic E-state index is 12.6. The second-order valence-electron chi connectivity index (χ2n) is 7.92. The Morgan fingerprint density at radius 3 is 2.21 bits per heavy atom. The van der Waals surface area contributed by atoms with Crippen LogP contribution in [0, 0.1) is 0 Å². The van der Waals surface area contributed by atoms with Crippen LogP contribution in [0.1, 0.15) is 54.0 Å². The summed E-state index contributed by atoms with van der Waals surface area (Å²) in [6.45, 7) is 7.84. The van der Waals surface area contributed by atoms with Crippen LogP contribution in [-0.2, 0) is 10.2 Å². The van der Waals surface area contributed by atoms with Gasteiger partial charge in [-0.2, -0.15) is 0 Å². The Balaban J connectivity index is 1.77. The van der Waals surface area contributed by atoms with E-state index < -0.39 is 12.1 Å². The van der Waals surface area contributed by atoms with Crippen LogP contribution >= 0.6 is 0 Å². The lowest BCUT2D eigenvalue weighted by Crippen LogP contribution is -2.24. The van der Waals surface area contributed by atoms with Crippen LogP contribution in [0.5, 0.6) is 5.75 Å². The zero-order valence-corrected chi connectivity index (χ0v) is 16.5. The molecule has 0 unspecified atom stereocenters. The molecule has 0 aliphatic carbocycles. The SMILES string of the molecule is C[C@H](OC(=O)c1ccc2ccccc2c1O)C(=O)c1ccc(C(C)(C)C)cc1. The number of Topliss-reactive ketones (excluding diaryl/α,β-unsaturated/α-hetero) is 1. The fourth-order valence-corrected chi connectivity index (χ4v) is 3.07. The van der Waals surface area contributed by atoms with Gasteiger partial charge in [-0.05, 0) is 29.4 Å². The Morgan fingerprint density at radius 2 is 1.57 bits per heavy atom. The van der Waals surface area contributed by atoms with Crippen LogP contribution in [0.3, 0.4) is 0 Å². The van der Waals surface area contributed by atoms with Crippen molar-refractivity contribution >= 4 is 22.5 Å². The van der Waals surface area contributed by atoms with E-state index in [-0.39, 0.29) is 22.5 Å². The predicted octanol–water partition coefficient (Wildman–Crippen LogP) is 5.27. The monoisotopic (exact) mass is 376 g/mol. The van der Waals surface area contributed by atoms with Crippen molar-refractivity contribution in [3.05, 3.63) is 77.4 Å². The molecule has 0 spiro atoms. The van der Waals surface area contributed by atoms with Crippen LogP contribution in [0.4, 0.5) is 0 Å². The number of phenolic OH excluding ortho intramolecular Hbond substituents is 1. The number of hydrogen-bond donors (Lipinski definition) is 1. The number of carbonyl (C=O) groups is 2. The van der Waals surface area contributed by atoms with Gasteiger partial charge in [0.05, 0.1) is 0 Å². The highest BCUT2D eigenvalue weighted by atomic mass is 16.5. The molecule has 0 heterocycles.